The van der Waals surface area contributed by atoms with Gasteiger partial charge < -0.3 is 9.73 Å². The van der Waals surface area contributed by atoms with E-state index in [0.29, 0.717) is 37.7 Å². The van der Waals surface area contributed by atoms with Gasteiger partial charge in [-0.1, -0.05) is 24.3 Å². The summed E-state index contributed by atoms with van der Waals surface area (Å²) < 4.78 is 28.8. The van der Waals surface area contributed by atoms with E-state index in [4.69, 9.17) is 4.42 Å². The molecule has 4 rings (SSSR count). The van der Waals surface area contributed by atoms with Crippen molar-refractivity contribution in [2.24, 2.45) is 5.92 Å². The summed E-state index contributed by atoms with van der Waals surface area (Å²) in [5.74, 6) is 1.28. The number of fused-ring (bicyclic) bond motifs is 1. The van der Waals surface area contributed by atoms with Crippen molar-refractivity contribution in [2.75, 3.05) is 24.6 Å². The highest BCUT2D eigenvalue weighted by Gasteiger charge is 2.33. The zero-order valence-corrected chi connectivity index (χ0v) is 16.6. The molecular formula is C19H24N4O4S. The molecule has 0 bridgehead atoms. The second-order valence-electron chi connectivity index (χ2n) is 7.63. The molecule has 1 aromatic carbocycles. The second kappa shape index (κ2) is 7.63. The van der Waals surface area contributed by atoms with Gasteiger partial charge in [-0.25, -0.2) is 8.42 Å². The molecule has 2 atom stereocenters. The van der Waals surface area contributed by atoms with E-state index >= 15 is 0 Å². The number of amides is 1. The van der Waals surface area contributed by atoms with Gasteiger partial charge in [-0.2, -0.15) is 0 Å². The van der Waals surface area contributed by atoms with Gasteiger partial charge in [0.25, 0.3) is 0 Å². The first-order chi connectivity index (χ1) is 13.4. The Morgan fingerprint density at radius 1 is 1.29 bits per heavy atom. The van der Waals surface area contributed by atoms with Crippen LogP contribution in [0.5, 0.6) is 0 Å². The SMILES string of the molecule is Cc1nnc(C2Cc3ccccc3CN2CC(=O)NCC2CCS(=O)(=O)C2)o1. The standard InChI is InChI=1S/C19H24N4O4S/c1-13-21-22-19(27-13)17-8-15-4-2-3-5-16(15)10-23(17)11-18(24)20-9-14-6-7-28(25,26)12-14/h2-5,14,17H,6-12H2,1H3,(H,20,24). The van der Waals surface area contributed by atoms with Crippen LogP contribution in [0, 0.1) is 12.8 Å². The molecule has 150 valence electrons. The number of nitrogens with one attached hydrogen (secondary N) is 1. The Labute approximate surface area is 164 Å². The summed E-state index contributed by atoms with van der Waals surface area (Å²) in [6, 6.07) is 8.00. The highest BCUT2D eigenvalue weighted by molar-refractivity contribution is 7.91. The van der Waals surface area contributed by atoms with Gasteiger partial charge in [0.1, 0.15) is 0 Å². The van der Waals surface area contributed by atoms with Gasteiger partial charge in [-0.05, 0) is 29.9 Å². The van der Waals surface area contributed by atoms with Crippen LogP contribution < -0.4 is 5.32 Å². The molecule has 2 aliphatic heterocycles. The summed E-state index contributed by atoms with van der Waals surface area (Å²) in [6.45, 7) is 2.96. The Balaban J connectivity index is 1.44. The van der Waals surface area contributed by atoms with Gasteiger partial charge in [0.15, 0.2) is 9.84 Å². The molecule has 2 aromatic rings. The van der Waals surface area contributed by atoms with Gasteiger partial charge >= 0.3 is 0 Å². The minimum atomic E-state index is -2.94. The zero-order chi connectivity index (χ0) is 19.7. The topological polar surface area (TPSA) is 105 Å². The Bertz CT molecular complexity index is 972. The molecule has 0 radical (unpaired) electrons. The van der Waals surface area contributed by atoms with E-state index in [1.54, 1.807) is 6.92 Å². The molecule has 0 spiro atoms. The van der Waals surface area contributed by atoms with Crippen molar-refractivity contribution < 1.29 is 17.6 Å². The minimum absolute atomic E-state index is 0.00502. The van der Waals surface area contributed by atoms with E-state index in [1.165, 1.54) is 11.1 Å². The van der Waals surface area contributed by atoms with Crippen LogP contribution in [0.2, 0.25) is 0 Å². The maximum atomic E-state index is 12.6. The van der Waals surface area contributed by atoms with E-state index in [9.17, 15) is 13.2 Å². The number of sulfone groups is 1. The van der Waals surface area contributed by atoms with Gasteiger partial charge in [0.2, 0.25) is 17.7 Å². The third-order valence-corrected chi connectivity index (χ3v) is 7.27. The molecule has 1 aromatic heterocycles. The highest BCUT2D eigenvalue weighted by atomic mass is 32.2. The third kappa shape index (κ3) is 4.25. The van der Waals surface area contributed by atoms with Gasteiger partial charge in [0.05, 0.1) is 24.1 Å². The fraction of sp³-hybridized carbons (Fsp3) is 0.526. The number of aromatic nitrogens is 2. The molecule has 1 fully saturated rings. The number of rotatable bonds is 5. The summed E-state index contributed by atoms with van der Waals surface area (Å²) in [7, 11) is -2.94. The van der Waals surface area contributed by atoms with Crippen LogP contribution in [-0.2, 0) is 27.6 Å². The van der Waals surface area contributed by atoms with Gasteiger partial charge in [-0.3, -0.25) is 9.69 Å². The van der Waals surface area contributed by atoms with Gasteiger partial charge in [0, 0.05) is 20.0 Å². The van der Waals surface area contributed by atoms with E-state index in [2.05, 4.69) is 27.6 Å². The molecule has 2 aliphatic rings. The van der Waals surface area contributed by atoms with Crippen LogP contribution in [0.3, 0.4) is 0 Å². The largest absolute Gasteiger partial charge is 0.424 e. The summed E-state index contributed by atoms with van der Waals surface area (Å²) in [5.41, 5.74) is 2.40. The molecular weight excluding hydrogens is 380 g/mol. The summed E-state index contributed by atoms with van der Waals surface area (Å²) in [6.07, 6.45) is 1.32. The predicted molar refractivity (Wildman–Crippen MR) is 102 cm³/mol. The third-order valence-electron chi connectivity index (χ3n) is 5.43. The summed E-state index contributed by atoms with van der Waals surface area (Å²) in [4.78, 5) is 14.6. The highest BCUT2D eigenvalue weighted by Crippen LogP contribution is 2.32. The average molecular weight is 404 g/mol. The van der Waals surface area contributed by atoms with Crippen molar-refractivity contribution in [3.63, 3.8) is 0 Å². The number of benzene rings is 1. The lowest BCUT2D eigenvalue weighted by atomic mass is 9.94. The molecule has 1 N–H and O–H groups in total. The van der Waals surface area contributed by atoms with Gasteiger partial charge in [-0.15, -0.1) is 10.2 Å². The molecule has 1 amide bonds. The number of carbonyl (C=O) groups excluding carboxylic acids is 1. The van der Waals surface area contributed by atoms with Crippen LogP contribution in [0.25, 0.3) is 0 Å². The fourth-order valence-corrected chi connectivity index (χ4v) is 5.83. The number of carbonyl (C=O) groups is 1. The lowest BCUT2D eigenvalue weighted by Gasteiger charge is -2.34. The molecule has 0 saturated carbocycles. The lowest BCUT2D eigenvalue weighted by Crippen LogP contribution is -2.43. The van der Waals surface area contributed by atoms with Crippen molar-refractivity contribution >= 4 is 15.7 Å². The maximum Gasteiger partial charge on any atom is 0.234 e. The molecule has 9 heteroatoms. The van der Waals surface area contributed by atoms with E-state index in [0.717, 1.165) is 0 Å². The van der Waals surface area contributed by atoms with Crippen LogP contribution in [0.1, 0.15) is 35.4 Å². The molecule has 2 unspecified atom stereocenters. The van der Waals surface area contributed by atoms with Crippen molar-refractivity contribution in [3.05, 3.63) is 47.2 Å². The molecule has 1 saturated heterocycles. The van der Waals surface area contributed by atoms with Crippen molar-refractivity contribution in [1.29, 1.82) is 0 Å². The number of aryl methyl sites for hydroxylation is 1. The number of nitrogens with zero attached hydrogens (tertiary/aromatic N) is 3. The van der Waals surface area contributed by atoms with Crippen LogP contribution >= 0.6 is 0 Å². The van der Waals surface area contributed by atoms with Crippen molar-refractivity contribution in [2.45, 2.75) is 32.4 Å². The van der Waals surface area contributed by atoms with Crippen molar-refractivity contribution in [3.8, 4) is 0 Å². The fourth-order valence-electron chi connectivity index (χ4n) is 3.96. The smallest absolute Gasteiger partial charge is 0.234 e. The van der Waals surface area contributed by atoms with Crippen LogP contribution in [0.15, 0.2) is 28.7 Å². The minimum Gasteiger partial charge on any atom is -0.424 e. The van der Waals surface area contributed by atoms with E-state index in [1.807, 2.05) is 17.0 Å². The normalized spacial score (nSPS) is 24.0. The zero-order valence-electron chi connectivity index (χ0n) is 15.8. The Morgan fingerprint density at radius 2 is 2.07 bits per heavy atom. The molecule has 8 nitrogen and oxygen atoms in total. The number of hydrogen-bond acceptors (Lipinski definition) is 7. The first-order valence-corrected chi connectivity index (χ1v) is 11.3. The monoisotopic (exact) mass is 404 g/mol. The molecule has 28 heavy (non-hydrogen) atoms. The van der Waals surface area contributed by atoms with E-state index in [-0.39, 0.29) is 35.9 Å². The maximum absolute atomic E-state index is 12.6. The first kappa shape index (κ1) is 19.1. The Hall–Kier alpha value is -2.26. The Morgan fingerprint density at radius 3 is 2.75 bits per heavy atom. The van der Waals surface area contributed by atoms with Crippen LogP contribution in [0.4, 0.5) is 0 Å². The lowest BCUT2D eigenvalue weighted by molar-refractivity contribution is -0.123. The molecule has 0 aliphatic carbocycles. The predicted octanol–water partition coefficient (Wildman–Crippen LogP) is 1.03. The molecule has 3 heterocycles. The van der Waals surface area contributed by atoms with E-state index < -0.39 is 9.84 Å². The second-order valence-corrected chi connectivity index (χ2v) is 9.85. The van der Waals surface area contributed by atoms with Crippen molar-refractivity contribution in [1.82, 2.24) is 20.4 Å². The van der Waals surface area contributed by atoms with Crippen LogP contribution in [-0.4, -0.2) is 54.0 Å². The summed E-state index contributed by atoms with van der Waals surface area (Å²) in [5, 5.41) is 11.0. The number of hydrogen-bond donors (Lipinski definition) is 1. The quantitative estimate of drug-likeness (QED) is 0.793. The summed E-state index contributed by atoms with van der Waals surface area (Å²) >= 11 is 0. The first-order valence-electron chi connectivity index (χ1n) is 9.47. The average Bonchev–Trinajstić information content (AvgIpc) is 3.24. The Kier molecular flexibility index (Phi) is 5.20.